The zero-order valence-corrected chi connectivity index (χ0v) is 11.6. The third kappa shape index (κ3) is 2.86. The number of H-pyrrole nitrogens is 1. The minimum absolute atomic E-state index is 0.444. The van der Waals surface area contributed by atoms with Gasteiger partial charge in [0.1, 0.15) is 5.82 Å². The molecule has 1 aromatic heterocycles. The van der Waals surface area contributed by atoms with E-state index in [2.05, 4.69) is 15.3 Å². The lowest BCUT2D eigenvalue weighted by atomic mass is 10.2. The third-order valence-electron chi connectivity index (χ3n) is 3.40. The third-order valence-corrected chi connectivity index (χ3v) is 3.40. The first-order valence-corrected chi connectivity index (χ1v) is 6.76. The summed E-state index contributed by atoms with van der Waals surface area (Å²) in [4.78, 5) is 7.27. The maximum absolute atomic E-state index is 13.1. The number of nitrogens with zero attached hydrogens (tertiary/aromatic N) is 1. The molecule has 3 aromatic rings. The van der Waals surface area contributed by atoms with E-state index in [0.29, 0.717) is 29.8 Å². The predicted octanol–water partition coefficient (Wildman–Crippen LogP) is 3.80. The molecule has 0 saturated heterocycles. The Hall–Kier alpha value is -2.43. The summed E-state index contributed by atoms with van der Waals surface area (Å²) in [6.45, 7) is 2.73. The fourth-order valence-electron chi connectivity index (χ4n) is 2.26. The summed E-state index contributed by atoms with van der Waals surface area (Å²) in [6, 6.07) is 10.3. The molecule has 0 aliphatic rings. The van der Waals surface area contributed by atoms with Gasteiger partial charge >= 0.3 is 0 Å². The Labute approximate surface area is 121 Å². The highest BCUT2D eigenvalue weighted by atomic mass is 19.2. The van der Waals surface area contributed by atoms with Gasteiger partial charge in [-0.2, -0.15) is 0 Å². The molecular weight excluding hydrogens is 272 g/mol. The lowest BCUT2D eigenvalue weighted by molar-refractivity contribution is 0.510. The molecule has 3 rings (SSSR count). The molecule has 2 N–H and O–H groups in total. The highest BCUT2D eigenvalue weighted by Crippen LogP contribution is 2.17. The van der Waals surface area contributed by atoms with Gasteiger partial charge in [-0.15, -0.1) is 0 Å². The second-order valence-electron chi connectivity index (χ2n) is 4.96. The molecule has 3 nitrogen and oxygen atoms in total. The van der Waals surface area contributed by atoms with Gasteiger partial charge in [0.25, 0.3) is 0 Å². The van der Waals surface area contributed by atoms with Crippen LogP contribution in [-0.4, -0.2) is 16.5 Å². The van der Waals surface area contributed by atoms with Crippen molar-refractivity contribution in [3.05, 3.63) is 59.4 Å². The number of para-hydroxylation sites is 1. The number of halogens is 2. The lowest BCUT2D eigenvalue weighted by Gasteiger charge is -2.07. The highest BCUT2D eigenvalue weighted by molar-refractivity contribution is 5.75. The quantitative estimate of drug-likeness (QED) is 0.766. The molecule has 0 fully saturated rings. The van der Waals surface area contributed by atoms with E-state index in [1.165, 1.54) is 5.56 Å². The molecule has 0 spiro atoms. The minimum atomic E-state index is -0.876. The Balaban J connectivity index is 1.70. The van der Waals surface area contributed by atoms with Crippen molar-refractivity contribution in [2.45, 2.75) is 13.3 Å². The number of fused-ring (bicyclic) bond motifs is 1. The van der Waals surface area contributed by atoms with Gasteiger partial charge in [-0.05, 0) is 18.6 Å². The number of nitrogens with one attached hydrogen (secondary N) is 2. The normalized spacial score (nSPS) is 11.0. The van der Waals surface area contributed by atoms with E-state index < -0.39 is 11.6 Å². The van der Waals surface area contributed by atoms with Gasteiger partial charge in [-0.1, -0.05) is 18.2 Å². The first kappa shape index (κ1) is 13.5. The van der Waals surface area contributed by atoms with Crippen LogP contribution in [0.3, 0.4) is 0 Å². The summed E-state index contributed by atoms with van der Waals surface area (Å²) in [5, 5.41) is 3.32. The topological polar surface area (TPSA) is 40.7 Å². The van der Waals surface area contributed by atoms with Crippen LogP contribution in [-0.2, 0) is 6.42 Å². The largest absolute Gasteiger partial charge is 0.384 e. The number of aromatic amines is 1. The number of anilines is 1. The molecule has 0 aliphatic heterocycles. The number of hydrogen-bond acceptors (Lipinski definition) is 2. The van der Waals surface area contributed by atoms with Gasteiger partial charge in [-0.3, -0.25) is 0 Å². The van der Waals surface area contributed by atoms with Gasteiger partial charge in [0.05, 0.1) is 11.0 Å². The maximum atomic E-state index is 13.1. The first-order valence-electron chi connectivity index (χ1n) is 6.76. The van der Waals surface area contributed by atoms with Gasteiger partial charge in [-0.25, -0.2) is 13.8 Å². The Bertz CT molecular complexity index is 741. The Kier molecular flexibility index (Phi) is 3.56. The zero-order chi connectivity index (χ0) is 14.8. The van der Waals surface area contributed by atoms with E-state index in [0.717, 1.165) is 17.8 Å². The van der Waals surface area contributed by atoms with Crippen molar-refractivity contribution < 1.29 is 8.78 Å². The molecule has 1 heterocycles. The van der Waals surface area contributed by atoms with Crippen molar-refractivity contribution in [3.63, 3.8) is 0 Å². The highest BCUT2D eigenvalue weighted by Gasteiger charge is 2.08. The second kappa shape index (κ2) is 5.52. The summed E-state index contributed by atoms with van der Waals surface area (Å²) < 4.78 is 26.3. The van der Waals surface area contributed by atoms with E-state index in [9.17, 15) is 8.78 Å². The molecule has 21 heavy (non-hydrogen) atoms. The number of rotatable bonds is 4. The number of imidazole rings is 1. The smallest absolute Gasteiger partial charge is 0.161 e. The van der Waals surface area contributed by atoms with Crippen LogP contribution in [0, 0.1) is 18.6 Å². The van der Waals surface area contributed by atoms with E-state index in [1.807, 2.05) is 31.2 Å². The van der Waals surface area contributed by atoms with Crippen molar-refractivity contribution in [1.29, 1.82) is 0 Å². The molecule has 5 heteroatoms. The molecule has 0 unspecified atom stereocenters. The van der Waals surface area contributed by atoms with Gasteiger partial charge in [0.2, 0.25) is 0 Å². The maximum Gasteiger partial charge on any atom is 0.161 e. The average molecular weight is 287 g/mol. The van der Waals surface area contributed by atoms with Crippen LogP contribution in [0.4, 0.5) is 14.5 Å². The molecule has 108 valence electrons. The summed E-state index contributed by atoms with van der Waals surface area (Å²) in [7, 11) is 0. The van der Waals surface area contributed by atoms with Crippen molar-refractivity contribution in [2.24, 2.45) is 0 Å². The van der Waals surface area contributed by atoms with Crippen molar-refractivity contribution in [3.8, 4) is 0 Å². The standard InChI is InChI=1S/C16H15F2N3/c1-10-4-2-3-5-13(10)19-7-6-16-20-14-8-11(17)12(18)9-15(14)21-16/h2-5,8-9,19H,6-7H2,1H3,(H,20,21). The van der Waals surface area contributed by atoms with Crippen LogP contribution in [0.2, 0.25) is 0 Å². The molecule has 0 radical (unpaired) electrons. The zero-order valence-electron chi connectivity index (χ0n) is 11.6. The average Bonchev–Trinajstić information content (AvgIpc) is 2.83. The van der Waals surface area contributed by atoms with Gasteiger partial charge < -0.3 is 10.3 Å². The number of aromatic nitrogens is 2. The molecule has 0 saturated carbocycles. The first-order chi connectivity index (χ1) is 10.1. The van der Waals surface area contributed by atoms with Crippen LogP contribution in [0.1, 0.15) is 11.4 Å². The van der Waals surface area contributed by atoms with Crippen molar-refractivity contribution in [2.75, 3.05) is 11.9 Å². The van der Waals surface area contributed by atoms with E-state index >= 15 is 0 Å². The SMILES string of the molecule is Cc1ccccc1NCCc1nc2cc(F)c(F)cc2[nH]1. The van der Waals surface area contributed by atoms with Crippen molar-refractivity contribution in [1.82, 2.24) is 9.97 Å². The fraction of sp³-hybridized carbons (Fsp3) is 0.188. The summed E-state index contributed by atoms with van der Waals surface area (Å²) >= 11 is 0. The Morgan fingerprint density at radius 3 is 2.71 bits per heavy atom. The summed E-state index contributed by atoms with van der Waals surface area (Å²) in [5.74, 6) is -1.04. The molecule has 2 aromatic carbocycles. The van der Waals surface area contributed by atoms with Gasteiger partial charge in [0.15, 0.2) is 11.6 Å². The van der Waals surface area contributed by atoms with Crippen LogP contribution in [0.15, 0.2) is 36.4 Å². The van der Waals surface area contributed by atoms with Crippen LogP contribution in [0.5, 0.6) is 0 Å². The molecular formula is C16H15F2N3. The van der Waals surface area contributed by atoms with E-state index in [1.54, 1.807) is 0 Å². The number of benzene rings is 2. The molecule has 0 bridgehead atoms. The Morgan fingerprint density at radius 1 is 1.14 bits per heavy atom. The molecule has 0 amide bonds. The molecule has 0 atom stereocenters. The van der Waals surface area contributed by atoms with E-state index in [4.69, 9.17) is 0 Å². The van der Waals surface area contributed by atoms with Crippen molar-refractivity contribution >= 4 is 16.7 Å². The minimum Gasteiger partial charge on any atom is -0.384 e. The fourth-order valence-corrected chi connectivity index (χ4v) is 2.26. The number of aryl methyl sites for hydroxylation is 1. The van der Waals surface area contributed by atoms with Crippen LogP contribution in [0.25, 0.3) is 11.0 Å². The lowest BCUT2D eigenvalue weighted by Crippen LogP contribution is -2.06. The summed E-state index contributed by atoms with van der Waals surface area (Å²) in [5.41, 5.74) is 3.21. The number of hydrogen-bond donors (Lipinski definition) is 2. The monoisotopic (exact) mass is 287 g/mol. The van der Waals surface area contributed by atoms with Crippen LogP contribution >= 0.6 is 0 Å². The summed E-state index contributed by atoms with van der Waals surface area (Å²) in [6.07, 6.45) is 0.645. The Morgan fingerprint density at radius 2 is 1.90 bits per heavy atom. The van der Waals surface area contributed by atoms with Gasteiger partial charge in [0, 0.05) is 30.8 Å². The molecule has 0 aliphatic carbocycles. The predicted molar refractivity (Wildman–Crippen MR) is 79.4 cm³/mol. The van der Waals surface area contributed by atoms with E-state index in [-0.39, 0.29) is 0 Å². The second-order valence-corrected chi connectivity index (χ2v) is 4.96. The van der Waals surface area contributed by atoms with Crippen LogP contribution < -0.4 is 5.32 Å².